The summed E-state index contributed by atoms with van der Waals surface area (Å²) in [6.45, 7) is 8.24. The summed E-state index contributed by atoms with van der Waals surface area (Å²) in [5.74, 6) is 2.93. The van der Waals surface area contributed by atoms with E-state index in [-0.39, 0.29) is 42.7 Å². The number of carbonyl (C=O) groups excluding carboxylic acids is 3. The molecular formula is C33H62N4O4. The molecule has 2 saturated carbocycles. The van der Waals surface area contributed by atoms with Gasteiger partial charge in [0.1, 0.15) is 0 Å². The van der Waals surface area contributed by atoms with Crippen molar-refractivity contribution < 1.29 is 19.5 Å². The highest BCUT2D eigenvalue weighted by atomic mass is 16.3. The lowest BCUT2D eigenvalue weighted by Crippen LogP contribution is -2.40. The van der Waals surface area contributed by atoms with Gasteiger partial charge in [-0.2, -0.15) is 0 Å². The molecule has 7 unspecified atom stereocenters. The number of fused-ring (bicyclic) bond motifs is 2. The first-order chi connectivity index (χ1) is 19.5. The van der Waals surface area contributed by atoms with E-state index >= 15 is 0 Å². The first-order valence-electron chi connectivity index (χ1n) is 16.6. The van der Waals surface area contributed by atoms with Crippen LogP contribution in [0.1, 0.15) is 111 Å². The topological polar surface area (TPSA) is 125 Å². The summed E-state index contributed by atoms with van der Waals surface area (Å²) < 4.78 is 0. The summed E-state index contributed by atoms with van der Waals surface area (Å²) in [7, 11) is 4.05. The third-order valence-electron chi connectivity index (χ3n) is 10.6. The minimum atomic E-state index is -0.461. The molecule has 0 aromatic carbocycles. The van der Waals surface area contributed by atoms with Crippen molar-refractivity contribution in [3.8, 4) is 0 Å². The van der Waals surface area contributed by atoms with E-state index in [9.17, 15) is 19.5 Å². The van der Waals surface area contributed by atoms with Gasteiger partial charge in [-0.3, -0.25) is 14.4 Å². The number of carbonyl (C=O) groups is 3. The largest absolute Gasteiger partial charge is 0.395 e. The maximum atomic E-state index is 13.0. The van der Waals surface area contributed by atoms with Crippen molar-refractivity contribution in [1.29, 1.82) is 0 Å². The van der Waals surface area contributed by atoms with Crippen LogP contribution in [0.15, 0.2) is 0 Å². The number of nitrogens with one attached hydrogen (secondary N) is 2. The zero-order valence-electron chi connectivity index (χ0n) is 26.9. The molecule has 0 aromatic rings. The predicted molar refractivity (Wildman–Crippen MR) is 166 cm³/mol. The van der Waals surface area contributed by atoms with Crippen LogP contribution in [0.4, 0.5) is 0 Å². The molecular weight excluding hydrogens is 516 g/mol. The van der Waals surface area contributed by atoms with Crippen molar-refractivity contribution in [2.75, 3.05) is 40.3 Å². The lowest BCUT2D eigenvalue weighted by Gasteiger charge is -2.28. The smallest absolute Gasteiger partial charge is 0.225 e. The third-order valence-corrected chi connectivity index (χ3v) is 10.6. The molecule has 3 amide bonds. The van der Waals surface area contributed by atoms with E-state index < -0.39 is 5.41 Å². The minimum Gasteiger partial charge on any atom is -0.395 e. The zero-order valence-corrected chi connectivity index (χ0v) is 26.9. The van der Waals surface area contributed by atoms with Gasteiger partial charge in [-0.15, -0.1) is 0 Å². The summed E-state index contributed by atoms with van der Waals surface area (Å²) in [5, 5.41) is 15.1. The molecule has 238 valence electrons. The average molecular weight is 579 g/mol. The fourth-order valence-electron chi connectivity index (χ4n) is 7.57. The lowest BCUT2D eigenvalue weighted by atomic mass is 9.77. The van der Waals surface area contributed by atoms with Gasteiger partial charge in [0.25, 0.3) is 0 Å². The van der Waals surface area contributed by atoms with Gasteiger partial charge in [-0.1, -0.05) is 40.0 Å². The summed E-state index contributed by atoms with van der Waals surface area (Å²) in [6.07, 6.45) is 13.3. The highest BCUT2D eigenvalue weighted by Crippen LogP contribution is 2.53. The normalized spacial score (nSPS) is 24.7. The van der Waals surface area contributed by atoms with E-state index in [0.717, 1.165) is 75.2 Å². The number of hydrogen-bond donors (Lipinski definition) is 4. The van der Waals surface area contributed by atoms with Gasteiger partial charge in [0.05, 0.1) is 6.61 Å². The Kier molecular flexibility index (Phi) is 15.7. The highest BCUT2D eigenvalue weighted by molar-refractivity contribution is 5.82. The van der Waals surface area contributed by atoms with Crippen LogP contribution in [0.5, 0.6) is 0 Å². The van der Waals surface area contributed by atoms with Crippen LogP contribution in [-0.2, 0) is 14.4 Å². The fraction of sp³-hybridized carbons (Fsp3) is 0.909. The molecule has 0 saturated heterocycles. The summed E-state index contributed by atoms with van der Waals surface area (Å²) in [6, 6.07) is 0. The Balaban J connectivity index is 1.82. The number of rotatable bonds is 22. The lowest BCUT2D eigenvalue weighted by molar-refractivity contribution is -0.131. The summed E-state index contributed by atoms with van der Waals surface area (Å²) in [4.78, 5) is 40.2. The monoisotopic (exact) mass is 578 g/mol. The van der Waals surface area contributed by atoms with Gasteiger partial charge in [0.2, 0.25) is 17.7 Å². The predicted octanol–water partition coefficient (Wildman–Crippen LogP) is 4.49. The van der Waals surface area contributed by atoms with E-state index in [1.165, 1.54) is 25.7 Å². The molecule has 8 heteroatoms. The molecule has 5 N–H and O–H groups in total. The Morgan fingerprint density at radius 2 is 1.61 bits per heavy atom. The first-order valence-corrected chi connectivity index (χ1v) is 16.6. The van der Waals surface area contributed by atoms with Crippen molar-refractivity contribution in [1.82, 2.24) is 15.5 Å². The van der Waals surface area contributed by atoms with Crippen molar-refractivity contribution in [3.05, 3.63) is 0 Å². The SMILES string of the molecule is CCC(C)(CCCC(CCCC(CCCC1C2CCC(C2)C1C)C(N)=O)C(=O)NCCO)C(=O)NCCCN(C)C. The van der Waals surface area contributed by atoms with E-state index in [4.69, 9.17) is 5.73 Å². The van der Waals surface area contributed by atoms with E-state index in [2.05, 4.69) is 22.5 Å². The van der Waals surface area contributed by atoms with Crippen LogP contribution < -0.4 is 16.4 Å². The van der Waals surface area contributed by atoms with Crippen LogP contribution in [0.25, 0.3) is 0 Å². The van der Waals surface area contributed by atoms with Gasteiger partial charge in [0.15, 0.2) is 0 Å². The van der Waals surface area contributed by atoms with Gasteiger partial charge < -0.3 is 26.4 Å². The number of hydrogen-bond acceptors (Lipinski definition) is 5. The standard InChI is InChI=1S/C33H62N4O4/c1-6-33(3,32(41)36-19-10-21-37(4)5)18-9-14-26(31(40)35-20-22-38)13-7-11-25(30(34)39)12-8-15-29-24(2)27-16-17-28(29)23-27/h24-29,38H,6-23H2,1-5H3,(H2,34,39)(H,35,40)(H,36,41). The average Bonchev–Trinajstić information content (AvgIpc) is 3.53. The number of nitrogens with zero attached hydrogens (tertiary/aromatic N) is 1. The van der Waals surface area contributed by atoms with Gasteiger partial charge >= 0.3 is 0 Å². The molecule has 0 heterocycles. The van der Waals surface area contributed by atoms with Crippen LogP contribution >= 0.6 is 0 Å². The minimum absolute atomic E-state index is 0.0497. The molecule has 0 aromatic heterocycles. The molecule has 2 rings (SSSR count). The first kappa shape index (κ1) is 35.5. The molecule has 2 aliphatic carbocycles. The molecule has 2 fully saturated rings. The Morgan fingerprint density at radius 1 is 0.951 bits per heavy atom. The van der Waals surface area contributed by atoms with Crippen LogP contribution in [-0.4, -0.2) is 68.1 Å². The second-order valence-corrected chi connectivity index (χ2v) is 13.7. The maximum absolute atomic E-state index is 13.0. The van der Waals surface area contributed by atoms with E-state index in [1.54, 1.807) is 0 Å². The van der Waals surface area contributed by atoms with Crippen LogP contribution in [0, 0.1) is 40.9 Å². The van der Waals surface area contributed by atoms with Crippen molar-refractivity contribution >= 4 is 17.7 Å². The Hall–Kier alpha value is -1.67. The van der Waals surface area contributed by atoms with Crippen LogP contribution in [0.3, 0.4) is 0 Å². The molecule has 0 aliphatic heterocycles. The maximum Gasteiger partial charge on any atom is 0.225 e. The molecule has 2 bridgehead atoms. The highest BCUT2D eigenvalue weighted by Gasteiger charge is 2.44. The van der Waals surface area contributed by atoms with Gasteiger partial charge in [0, 0.05) is 30.3 Å². The zero-order chi connectivity index (χ0) is 30.4. The molecule has 0 spiro atoms. The Morgan fingerprint density at radius 3 is 2.22 bits per heavy atom. The molecule has 0 radical (unpaired) electrons. The summed E-state index contributed by atoms with van der Waals surface area (Å²) in [5.41, 5.74) is 5.34. The second kappa shape index (κ2) is 18.1. The van der Waals surface area contributed by atoms with Gasteiger partial charge in [-0.05, 0) is 115 Å². The Labute approximate surface area is 250 Å². The van der Waals surface area contributed by atoms with Crippen molar-refractivity contribution in [2.24, 2.45) is 46.7 Å². The van der Waals surface area contributed by atoms with E-state index in [1.807, 2.05) is 27.9 Å². The molecule has 41 heavy (non-hydrogen) atoms. The second-order valence-electron chi connectivity index (χ2n) is 13.7. The number of aliphatic hydroxyl groups excluding tert-OH is 1. The van der Waals surface area contributed by atoms with Crippen LogP contribution in [0.2, 0.25) is 0 Å². The Bertz CT molecular complexity index is 804. The molecule has 7 atom stereocenters. The third kappa shape index (κ3) is 11.5. The summed E-state index contributed by atoms with van der Waals surface area (Å²) >= 11 is 0. The quantitative estimate of drug-likeness (QED) is 0.141. The number of nitrogens with two attached hydrogens (primary N) is 1. The molecule has 2 aliphatic rings. The van der Waals surface area contributed by atoms with E-state index in [0.29, 0.717) is 25.8 Å². The molecule has 8 nitrogen and oxygen atoms in total. The number of aliphatic hydroxyl groups is 1. The van der Waals surface area contributed by atoms with Crippen molar-refractivity contribution in [3.63, 3.8) is 0 Å². The number of primary amides is 1. The number of amides is 3. The van der Waals surface area contributed by atoms with Gasteiger partial charge in [-0.25, -0.2) is 0 Å². The van der Waals surface area contributed by atoms with Crippen molar-refractivity contribution in [2.45, 2.75) is 111 Å². The fourth-order valence-corrected chi connectivity index (χ4v) is 7.57.